The quantitative estimate of drug-likeness (QED) is 0.697. The van der Waals surface area contributed by atoms with Crippen molar-refractivity contribution >= 4 is 5.97 Å². The van der Waals surface area contributed by atoms with Crippen molar-refractivity contribution in [2.24, 2.45) is 0 Å². The fourth-order valence-corrected chi connectivity index (χ4v) is 2.10. The van der Waals surface area contributed by atoms with Gasteiger partial charge in [0.2, 0.25) is 0 Å². The third-order valence-electron chi connectivity index (χ3n) is 3.17. The highest BCUT2D eigenvalue weighted by Crippen LogP contribution is 2.14. The van der Waals surface area contributed by atoms with E-state index in [0.717, 1.165) is 13.1 Å². The molecule has 1 N–H and O–H groups in total. The lowest BCUT2D eigenvalue weighted by molar-refractivity contribution is -0.142. The molecule has 2 unspecified atom stereocenters. The summed E-state index contributed by atoms with van der Waals surface area (Å²) in [5.74, 6) is -0.117. The number of nitrogens with zero attached hydrogens (tertiary/aromatic N) is 1. The van der Waals surface area contributed by atoms with E-state index in [4.69, 9.17) is 0 Å². The second-order valence-electron chi connectivity index (χ2n) is 4.25. The van der Waals surface area contributed by atoms with Crippen molar-refractivity contribution in [1.29, 1.82) is 0 Å². The summed E-state index contributed by atoms with van der Waals surface area (Å²) < 4.78 is 4.68. The lowest BCUT2D eigenvalue weighted by Gasteiger charge is -2.36. The highest BCUT2D eigenvalue weighted by molar-refractivity contribution is 5.69. The van der Waals surface area contributed by atoms with Gasteiger partial charge in [0.25, 0.3) is 0 Å². The standard InChI is InChI=1S/C11H22N2O2/c1-9(7-11(14)15-3)13-6-4-5-10(8-13)12-2/h9-10,12H,4-8H2,1-3H3. The van der Waals surface area contributed by atoms with Gasteiger partial charge in [-0.1, -0.05) is 0 Å². The monoisotopic (exact) mass is 214 g/mol. The van der Waals surface area contributed by atoms with Crippen LogP contribution in [0.2, 0.25) is 0 Å². The molecular weight excluding hydrogens is 192 g/mol. The van der Waals surface area contributed by atoms with Gasteiger partial charge in [0.1, 0.15) is 0 Å². The van der Waals surface area contributed by atoms with Crippen molar-refractivity contribution in [3.8, 4) is 0 Å². The van der Waals surface area contributed by atoms with Crippen LogP contribution in [0, 0.1) is 0 Å². The number of esters is 1. The predicted molar refractivity (Wildman–Crippen MR) is 59.7 cm³/mol. The van der Waals surface area contributed by atoms with Crippen LogP contribution in [-0.4, -0.2) is 50.2 Å². The van der Waals surface area contributed by atoms with Crippen LogP contribution in [0.4, 0.5) is 0 Å². The molecule has 88 valence electrons. The Kier molecular flexibility index (Phi) is 5.05. The van der Waals surface area contributed by atoms with E-state index < -0.39 is 0 Å². The molecule has 0 bridgehead atoms. The average Bonchev–Trinajstić information content (AvgIpc) is 2.28. The van der Waals surface area contributed by atoms with Gasteiger partial charge in [-0.3, -0.25) is 9.69 Å². The number of carbonyl (C=O) groups is 1. The van der Waals surface area contributed by atoms with E-state index in [2.05, 4.69) is 21.9 Å². The van der Waals surface area contributed by atoms with Crippen LogP contribution >= 0.6 is 0 Å². The summed E-state index contributed by atoms with van der Waals surface area (Å²) in [7, 11) is 3.45. The van der Waals surface area contributed by atoms with Gasteiger partial charge >= 0.3 is 5.97 Å². The lowest BCUT2D eigenvalue weighted by atomic mass is 10.0. The number of likely N-dealkylation sites (tertiary alicyclic amines) is 1. The van der Waals surface area contributed by atoms with Crippen molar-refractivity contribution in [2.75, 3.05) is 27.2 Å². The van der Waals surface area contributed by atoms with E-state index in [1.807, 2.05) is 7.05 Å². The number of likely N-dealkylation sites (N-methyl/N-ethyl adjacent to an activating group) is 1. The van der Waals surface area contributed by atoms with E-state index in [1.54, 1.807) is 0 Å². The maximum atomic E-state index is 11.2. The fraction of sp³-hybridized carbons (Fsp3) is 0.909. The highest BCUT2D eigenvalue weighted by Gasteiger charge is 2.23. The number of hydrogen-bond donors (Lipinski definition) is 1. The first kappa shape index (κ1) is 12.5. The largest absolute Gasteiger partial charge is 0.469 e. The molecule has 1 rings (SSSR count). The summed E-state index contributed by atoms with van der Waals surface area (Å²) >= 11 is 0. The molecule has 0 aromatic carbocycles. The molecule has 1 aliphatic heterocycles. The third-order valence-corrected chi connectivity index (χ3v) is 3.17. The first-order valence-electron chi connectivity index (χ1n) is 5.65. The minimum Gasteiger partial charge on any atom is -0.469 e. The van der Waals surface area contributed by atoms with E-state index >= 15 is 0 Å². The number of ether oxygens (including phenoxy) is 1. The molecule has 1 aliphatic rings. The Hall–Kier alpha value is -0.610. The molecule has 0 radical (unpaired) electrons. The molecule has 0 saturated carbocycles. The van der Waals surface area contributed by atoms with Crippen molar-refractivity contribution in [3.05, 3.63) is 0 Å². The van der Waals surface area contributed by atoms with Gasteiger partial charge in [0.15, 0.2) is 0 Å². The Morgan fingerprint density at radius 3 is 3.00 bits per heavy atom. The summed E-state index contributed by atoms with van der Waals surface area (Å²) in [5, 5.41) is 3.30. The van der Waals surface area contributed by atoms with Crippen LogP contribution in [0.15, 0.2) is 0 Å². The summed E-state index contributed by atoms with van der Waals surface area (Å²) in [6, 6.07) is 0.854. The smallest absolute Gasteiger partial charge is 0.307 e. The van der Waals surface area contributed by atoms with Crippen molar-refractivity contribution in [3.63, 3.8) is 0 Å². The Morgan fingerprint density at radius 1 is 1.67 bits per heavy atom. The summed E-state index contributed by atoms with van der Waals surface area (Å²) in [6.45, 7) is 4.22. The second-order valence-corrected chi connectivity index (χ2v) is 4.25. The Bertz CT molecular complexity index is 209. The first-order valence-corrected chi connectivity index (χ1v) is 5.65. The van der Waals surface area contributed by atoms with Crippen LogP contribution in [0.1, 0.15) is 26.2 Å². The molecule has 15 heavy (non-hydrogen) atoms. The molecule has 0 amide bonds. The predicted octanol–water partition coefficient (Wildman–Crippen LogP) is 0.622. The van der Waals surface area contributed by atoms with Gasteiger partial charge in [-0.05, 0) is 33.4 Å². The van der Waals surface area contributed by atoms with E-state index in [1.165, 1.54) is 20.0 Å². The number of piperidine rings is 1. The summed E-state index contributed by atoms with van der Waals surface area (Å²) in [4.78, 5) is 13.5. The minimum absolute atomic E-state index is 0.117. The Balaban J connectivity index is 2.37. The highest BCUT2D eigenvalue weighted by atomic mass is 16.5. The average molecular weight is 214 g/mol. The Labute approximate surface area is 92.0 Å². The van der Waals surface area contributed by atoms with Gasteiger partial charge in [-0.15, -0.1) is 0 Å². The number of nitrogens with one attached hydrogen (secondary N) is 1. The number of methoxy groups -OCH3 is 1. The topological polar surface area (TPSA) is 41.6 Å². The molecule has 2 atom stereocenters. The molecule has 4 heteroatoms. The molecule has 0 spiro atoms. The molecule has 1 heterocycles. The van der Waals surface area contributed by atoms with Crippen LogP contribution in [0.5, 0.6) is 0 Å². The van der Waals surface area contributed by atoms with Gasteiger partial charge in [0.05, 0.1) is 13.5 Å². The zero-order valence-corrected chi connectivity index (χ0v) is 9.95. The maximum absolute atomic E-state index is 11.2. The molecule has 0 aromatic rings. The summed E-state index contributed by atoms with van der Waals surface area (Å²) in [5.41, 5.74) is 0. The SMILES string of the molecule is CNC1CCCN(C(C)CC(=O)OC)C1. The van der Waals surface area contributed by atoms with Crippen LogP contribution in [0.3, 0.4) is 0 Å². The zero-order valence-electron chi connectivity index (χ0n) is 9.95. The van der Waals surface area contributed by atoms with Crippen molar-refractivity contribution in [2.45, 2.75) is 38.3 Å². The normalized spacial score (nSPS) is 24.9. The molecule has 4 nitrogen and oxygen atoms in total. The van der Waals surface area contributed by atoms with Crippen LogP contribution in [0.25, 0.3) is 0 Å². The second kappa shape index (κ2) is 6.08. The van der Waals surface area contributed by atoms with E-state index in [9.17, 15) is 4.79 Å². The first-order chi connectivity index (χ1) is 7.17. The zero-order chi connectivity index (χ0) is 11.3. The van der Waals surface area contributed by atoms with Gasteiger partial charge in [-0.2, -0.15) is 0 Å². The molecule has 1 saturated heterocycles. The number of carbonyl (C=O) groups excluding carboxylic acids is 1. The van der Waals surface area contributed by atoms with Crippen molar-refractivity contribution < 1.29 is 9.53 Å². The van der Waals surface area contributed by atoms with Crippen molar-refractivity contribution in [1.82, 2.24) is 10.2 Å². The minimum atomic E-state index is -0.117. The molecule has 0 aromatic heterocycles. The van der Waals surface area contributed by atoms with Crippen LogP contribution in [-0.2, 0) is 9.53 Å². The fourth-order valence-electron chi connectivity index (χ4n) is 2.10. The van der Waals surface area contributed by atoms with Gasteiger partial charge in [0, 0.05) is 18.6 Å². The number of rotatable bonds is 4. The van der Waals surface area contributed by atoms with Gasteiger partial charge < -0.3 is 10.1 Å². The van der Waals surface area contributed by atoms with E-state index in [-0.39, 0.29) is 12.0 Å². The van der Waals surface area contributed by atoms with E-state index in [0.29, 0.717) is 12.5 Å². The summed E-state index contributed by atoms with van der Waals surface area (Å²) in [6.07, 6.45) is 2.93. The van der Waals surface area contributed by atoms with Gasteiger partial charge in [-0.25, -0.2) is 0 Å². The Morgan fingerprint density at radius 2 is 2.40 bits per heavy atom. The maximum Gasteiger partial charge on any atom is 0.307 e. The molecule has 0 aliphatic carbocycles. The lowest BCUT2D eigenvalue weighted by Crippen LogP contribution is -2.48. The van der Waals surface area contributed by atoms with Crippen LogP contribution < -0.4 is 5.32 Å². The number of hydrogen-bond acceptors (Lipinski definition) is 4. The molecular formula is C11H22N2O2. The third kappa shape index (κ3) is 3.80. The molecule has 1 fully saturated rings.